The van der Waals surface area contributed by atoms with Crippen molar-refractivity contribution < 1.29 is 24.3 Å². The molecule has 0 saturated carbocycles. The second kappa shape index (κ2) is 19.7. The molecule has 0 unspecified atom stereocenters. The monoisotopic (exact) mass is 724 g/mol. The molecule has 2 aromatic rings. The van der Waals surface area contributed by atoms with Crippen molar-refractivity contribution in [2.24, 2.45) is 22.9 Å². The first-order chi connectivity index (χ1) is 24.6. The average Bonchev–Trinajstić information content (AvgIpc) is 3.07. The van der Waals surface area contributed by atoms with Crippen LogP contribution in [0.3, 0.4) is 0 Å². The minimum Gasteiger partial charge on any atom is -0.508 e. The zero-order valence-electron chi connectivity index (χ0n) is 33.0. The number of carbonyl (C=O) groups excluding carboxylic acids is 4. The van der Waals surface area contributed by atoms with Gasteiger partial charge < -0.3 is 49.3 Å². The Morgan fingerprint density at radius 1 is 0.792 bits per heavy atom. The number of rotatable bonds is 19. The highest BCUT2D eigenvalue weighted by atomic mass is 16.3. The molecule has 2 aromatic carbocycles. The highest BCUT2D eigenvalue weighted by Gasteiger charge is 2.40. The van der Waals surface area contributed by atoms with Crippen molar-refractivity contribution >= 4 is 112 Å². The largest absolute Gasteiger partial charge is 0.508 e. The number of phenols is 1. The summed E-state index contributed by atoms with van der Waals surface area (Å²) in [6.07, 6.45) is 2.05. The van der Waals surface area contributed by atoms with E-state index in [1.54, 1.807) is 26.0 Å². The summed E-state index contributed by atoms with van der Waals surface area (Å²) in [4.78, 5) is 54.8. The van der Waals surface area contributed by atoms with Crippen LogP contribution >= 0.6 is 0 Å². The molecule has 0 aliphatic heterocycles. The van der Waals surface area contributed by atoms with Crippen LogP contribution in [0.2, 0.25) is 0 Å². The van der Waals surface area contributed by atoms with E-state index in [2.05, 4.69) is 29.1 Å². The first-order valence-electron chi connectivity index (χ1n) is 18.3. The number of hydrogen-bond donors (Lipinski definition) is 10. The Morgan fingerprint density at radius 2 is 1.30 bits per heavy atom. The zero-order chi connectivity index (χ0) is 40.4. The lowest BCUT2D eigenvalue weighted by Crippen LogP contribution is -2.67. The molecule has 0 aromatic heterocycles. The van der Waals surface area contributed by atoms with E-state index >= 15 is 0 Å². The van der Waals surface area contributed by atoms with Gasteiger partial charge in [0.05, 0.1) is 6.04 Å². The standard InChI is InChI=1S/C32H56B7N9O5/c1-13-10-15(49)11-14(2)16(13)12-19(47-28(51)17(41)6-5-9-45-31(43)44)30(53)46-18(7-3-4-8-40)29(52)48-26(27(42)50)32(38,39)20-21(33)23(35)25(37)24(36)22(20)34/h10-11,17-19,26,49H,3-9,12,33-41H2,1-2H3,(H2,42,50)(H,46,53)(H,47,51)(H,48,52)(H4,43,44,45)/t17-,18+,19+,26-/m1/s1. The number of nitrogens with two attached hydrogens (primary N) is 4. The van der Waals surface area contributed by atoms with Crippen LogP contribution in [0.4, 0.5) is 0 Å². The fourth-order valence-corrected chi connectivity index (χ4v) is 7.16. The lowest BCUT2D eigenvalue weighted by Gasteiger charge is -2.39. The van der Waals surface area contributed by atoms with Gasteiger partial charge in [0.15, 0.2) is 5.96 Å². The van der Waals surface area contributed by atoms with Crippen molar-refractivity contribution in [2.75, 3.05) is 13.1 Å². The molecule has 4 amide bonds. The maximum absolute atomic E-state index is 14.2. The molecule has 0 heterocycles. The summed E-state index contributed by atoms with van der Waals surface area (Å²) in [6, 6.07) is -1.20. The minimum absolute atomic E-state index is 0.0485. The number of amides is 4. The Labute approximate surface area is 320 Å². The lowest BCUT2D eigenvalue weighted by atomic mass is 9.42. The van der Waals surface area contributed by atoms with Gasteiger partial charge in [-0.25, -0.2) is 0 Å². The number of aromatic hydroxyl groups is 1. The van der Waals surface area contributed by atoms with Gasteiger partial charge >= 0.3 is 0 Å². The molecule has 14 N–H and O–H groups in total. The van der Waals surface area contributed by atoms with Crippen LogP contribution in [0.25, 0.3) is 0 Å². The zero-order valence-corrected chi connectivity index (χ0v) is 33.0. The number of unbranched alkanes of at least 4 members (excludes halogenated alkanes) is 1. The number of aryl methyl sites for hydroxylation is 2. The molecule has 0 radical (unpaired) electrons. The molecule has 0 fully saturated rings. The maximum Gasteiger partial charge on any atom is 0.243 e. The molecule has 0 bridgehead atoms. The Bertz CT molecular complexity index is 1650. The summed E-state index contributed by atoms with van der Waals surface area (Å²) in [6.45, 7) is 4.31. The van der Waals surface area contributed by atoms with E-state index in [-0.39, 0.29) is 31.0 Å². The van der Waals surface area contributed by atoms with Gasteiger partial charge in [-0.15, -0.1) is 16.4 Å². The summed E-state index contributed by atoms with van der Waals surface area (Å²) in [5, 5.41) is 27.7. The van der Waals surface area contributed by atoms with Crippen LogP contribution in [0.15, 0.2) is 12.1 Å². The van der Waals surface area contributed by atoms with E-state index in [0.717, 1.165) is 38.4 Å². The number of primary amides is 1. The number of nitrogens with one attached hydrogen (secondary N) is 5. The van der Waals surface area contributed by atoms with Crippen LogP contribution in [-0.4, -0.2) is 127 Å². The topological polar surface area (TPSA) is 265 Å². The fraction of sp³-hybridized carbons (Fsp3) is 0.469. The van der Waals surface area contributed by atoms with Crippen molar-refractivity contribution in [2.45, 2.75) is 81.8 Å². The number of guanidine groups is 1. The first kappa shape index (κ1) is 44.9. The second-order valence-corrected chi connectivity index (χ2v) is 14.8. The van der Waals surface area contributed by atoms with Gasteiger partial charge in [-0.2, -0.15) is 0 Å². The lowest BCUT2D eigenvalue weighted by molar-refractivity contribution is -0.133. The van der Waals surface area contributed by atoms with E-state index in [4.69, 9.17) is 28.3 Å². The highest BCUT2D eigenvalue weighted by molar-refractivity contribution is 6.68. The Balaban J connectivity index is 2.48. The summed E-state index contributed by atoms with van der Waals surface area (Å²) in [5.74, 6) is -2.65. The van der Waals surface area contributed by atoms with Crippen molar-refractivity contribution in [3.8, 4) is 5.75 Å². The third-order valence-corrected chi connectivity index (χ3v) is 10.6. The average molecular weight is 723 g/mol. The van der Waals surface area contributed by atoms with E-state index in [0.29, 0.717) is 43.5 Å². The van der Waals surface area contributed by atoms with Gasteiger partial charge in [0, 0.05) is 13.0 Å². The van der Waals surface area contributed by atoms with E-state index in [1.807, 2.05) is 47.1 Å². The van der Waals surface area contributed by atoms with Crippen LogP contribution in [0.1, 0.15) is 54.4 Å². The summed E-state index contributed by atoms with van der Waals surface area (Å²) in [5.41, 5.74) is 31.7. The van der Waals surface area contributed by atoms with Gasteiger partial charge in [-0.1, -0.05) is 16.5 Å². The smallest absolute Gasteiger partial charge is 0.243 e. The maximum atomic E-state index is 14.2. The van der Waals surface area contributed by atoms with Crippen molar-refractivity contribution in [1.82, 2.24) is 21.3 Å². The van der Waals surface area contributed by atoms with E-state index in [1.165, 1.54) is 0 Å². The Morgan fingerprint density at radius 3 is 1.81 bits per heavy atom. The Kier molecular flexibility index (Phi) is 16.7. The summed E-state index contributed by atoms with van der Waals surface area (Å²) in [7, 11) is 13.9. The van der Waals surface area contributed by atoms with E-state index < -0.39 is 53.0 Å². The molecule has 21 heteroatoms. The van der Waals surface area contributed by atoms with Gasteiger partial charge in [-0.3, -0.25) is 24.6 Å². The van der Waals surface area contributed by atoms with Crippen molar-refractivity contribution in [3.05, 3.63) is 34.4 Å². The van der Waals surface area contributed by atoms with Gasteiger partial charge in [0.25, 0.3) is 0 Å². The predicted octanol–water partition coefficient (Wildman–Crippen LogP) is -11.4. The molecular formula is C32H56B7N9O5. The number of hydrogen-bond acceptors (Lipinski definition) is 8. The summed E-state index contributed by atoms with van der Waals surface area (Å²) >= 11 is 0. The molecule has 0 aliphatic carbocycles. The van der Waals surface area contributed by atoms with Gasteiger partial charge in [0.2, 0.25) is 23.6 Å². The number of carbonyl (C=O) groups is 4. The molecule has 280 valence electrons. The number of phenolic OH excluding ortho intramolecular Hbond substituents is 1. The molecule has 0 saturated heterocycles. The van der Waals surface area contributed by atoms with Crippen molar-refractivity contribution in [3.63, 3.8) is 0 Å². The quantitative estimate of drug-likeness (QED) is 0.0285. The van der Waals surface area contributed by atoms with Crippen LogP contribution < -0.4 is 71.5 Å². The predicted molar refractivity (Wildman–Crippen MR) is 232 cm³/mol. The third-order valence-electron chi connectivity index (χ3n) is 10.6. The third kappa shape index (κ3) is 11.9. The fourth-order valence-electron chi connectivity index (χ4n) is 7.16. The van der Waals surface area contributed by atoms with Gasteiger partial charge in [-0.05, 0) is 86.5 Å². The number of benzene rings is 2. The first-order valence-corrected chi connectivity index (χ1v) is 18.3. The molecule has 0 aliphatic rings. The Hall–Kier alpha value is -4.24. The molecule has 4 atom stereocenters. The van der Waals surface area contributed by atoms with Crippen molar-refractivity contribution in [1.29, 1.82) is 5.41 Å². The molecule has 53 heavy (non-hydrogen) atoms. The molecule has 2 rings (SSSR count). The van der Waals surface area contributed by atoms with Crippen LogP contribution in [0.5, 0.6) is 5.75 Å². The van der Waals surface area contributed by atoms with Gasteiger partial charge in [0.1, 0.15) is 78.8 Å². The minimum atomic E-state index is -1.15. The highest BCUT2D eigenvalue weighted by Crippen LogP contribution is 2.23. The van der Waals surface area contributed by atoms with E-state index in [9.17, 15) is 24.3 Å². The SMILES string of the molecule is Bc1c(B)c(B)c(C(B)(B)[C@H](NC(=O)[C@H](CCCCN)NC(=O)[C@H](Cc2c(C)cc(O)cc2C)NC(=O)[C@H](N)CCCNC(=N)N)C(N)=O)c(B)c1B. The molecule has 14 nitrogen and oxygen atoms in total. The molecular weight excluding hydrogens is 666 g/mol. The second-order valence-electron chi connectivity index (χ2n) is 14.8. The van der Waals surface area contributed by atoms with Crippen LogP contribution in [0, 0.1) is 19.3 Å². The van der Waals surface area contributed by atoms with Crippen LogP contribution in [-0.2, 0) is 30.8 Å². The molecule has 0 spiro atoms. The normalized spacial score (nSPS) is 13.6. The summed E-state index contributed by atoms with van der Waals surface area (Å²) < 4.78 is 0.